The lowest BCUT2D eigenvalue weighted by Gasteiger charge is -2.21. The van der Waals surface area contributed by atoms with Gasteiger partial charge in [0.25, 0.3) is 0 Å². The lowest BCUT2D eigenvalue weighted by Crippen LogP contribution is -2.53. The molecule has 4 N–H and O–H groups in total. The Kier molecular flexibility index (Phi) is 9.22. The van der Waals surface area contributed by atoms with E-state index in [2.05, 4.69) is 15.6 Å². The molecule has 0 aliphatic heterocycles. The summed E-state index contributed by atoms with van der Waals surface area (Å²) in [5.41, 5.74) is 6.85. The maximum atomic E-state index is 12.8. The fraction of sp³-hybridized carbons (Fsp3) is 0.304. The second kappa shape index (κ2) is 12.1. The molecule has 31 heavy (non-hydrogen) atoms. The van der Waals surface area contributed by atoms with Crippen molar-refractivity contribution < 1.29 is 19.1 Å². The molecule has 2 rings (SSSR count). The number of rotatable bonds is 10. The second-order valence-electron chi connectivity index (χ2n) is 7.39. The van der Waals surface area contributed by atoms with Crippen molar-refractivity contribution in [1.82, 2.24) is 10.6 Å². The number of hydrogen-bond acceptors (Lipinski definition) is 5. The van der Waals surface area contributed by atoms with Gasteiger partial charge in [0, 0.05) is 6.21 Å². The highest BCUT2D eigenvalue weighted by Crippen LogP contribution is 2.09. The zero-order valence-corrected chi connectivity index (χ0v) is 17.7. The summed E-state index contributed by atoms with van der Waals surface area (Å²) in [5, 5.41) is 5.10. The predicted molar refractivity (Wildman–Crippen MR) is 119 cm³/mol. The first kappa shape index (κ1) is 23.6. The van der Waals surface area contributed by atoms with Crippen LogP contribution in [0, 0.1) is 5.92 Å². The van der Waals surface area contributed by atoms with Crippen LogP contribution in [0.1, 0.15) is 25.8 Å². The molecule has 0 aliphatic rings. The molecule has 0 bridgehead atoms. The Hall–Kier alpha value is -3.68. The number of hydrogen-bond donors (Lipinski definition) is 3. The van der Waals surface area contributed by atoms with E-state index in [1.165, 1.54) is 6.21 Å². The van der Waals surface area contributed by atoms with Gasteiger partial charge >= 0.3 is 6.09 Å². The number of amides is 3. The third kappa shape index (κ3) is 8.69. The highest BCUT2D eigenvalue weighted by Gasteiger charge is 2.26. The van der Waals surface area contributed by atoms with E-state index in [4.69, 9.17) is 10.5 Å². The Bertz CT molecular complexity index is 885. The third-order valence-electron chi connectivity index (χ3n) is 4.26. The standard InChI is InChI=1S/C23H28N4O4/c1-16(2)13-19(27-23(30)31-15-17-9-5-3-6-10-17)22(29)26-20(21(24)28)14-25-18-11-7-4-8-12-18/h3-12,14,16,19-20H,13,15H2,1-2H3,(H2,24,28)(H,26,29)(H,27,30)/t19-,20?/m0/s1. The second-order valence-corrected chi connectivity index (χ2v) is 7.39. The van der Waals surface area contributed by atoms with Crippen molar-refractivity contribution in [2.24, 2.45) is 16.6 Å². The van der Waals surface area contributed by atoms with Crippen LogP contribution in [-0.4, -0.2) is 36.2 Å². The smallest absolute Gasteiger partial charge is 0.408 e. The molecular weight excluding hydrogens is 396 g/mol. The Morgan fingerprint density at radius 2 is 1.61 bits per heavy atom. The molecule has 0 fully saturated rings. The molecule has 2 atom stereocenters. The van der Waals surface area contributed by atoms with Crippen LogP contribution in [0.5, 0.6) is 0 Å². The molecule has 1 unspecified atom stereocenters. The summed E-state index contributed by atoms with van der Waals surface area (Å²) in [6, 6.07) is 16.1. The molecule has 164 valence electrons. The molecule has 8 nitrogen and oxygen atoms in total. The maximum absolute atomic E-state index is 12.8. The minimum absolute atomic E-state index is 0.0797. The van der Waals surface area contributed by atoms with E-state index in [0.717, 1.165) is 5.56 Å². The van der Waals surface area contributed by atoms with E-state index >= 15 is 0 Å². The van der Waals surface area contributed by atoms with Crippen molar-refractivity contribution in [2.45, 2.75) is 39.0 Å². The first-order valence-electron chi connectivity index (χ1n) is 10.0. The Balaban J connectivity index is 2.00. The van der Waals surface area contributed by atoms with E-state index < -0.39 is 30.0 Å². The zero-order chi connectivity index (χ0) is 22.6. The molecule has 0 aromatic heterocycles. The van der Waals surface area contributed by atoms with E-state index in [1.807, 2.05) is 50.2 Å². The quantitative estimate of drug-likeness (QED) is 0.507. The highest BCUT2D eigenvalue weighted by molar-refractivity contribution is 6.01. The average molecular weight is 425 g/mol. The van der Waals surface area contributed by atoms with Gasteiger partial charge in [-0.05, 0) is 30.0 Å². The summed E-state index contributed by atoms with van der Waals surface area (Å²) in [7, 11) is 0. The number of para-hydroxylation sites is 1. The number of carbonyl (C=O) groups excluding carboxylic acids is 3. The van der Waals surface area contributed by atoms with Gasteiger partial charge in [-0.15, -0.1) is 0 Å². The SMILES string of the molecule is CC(C)C[C@H](NC(=O)OCc1ccccc1)C(=O)NC(C=Nc1ccccc1)C(N)=O. The number of nitrogens with two attached hydrogens (primary N) is 1. The molecule has 3 amide bonds. The average Bonchev–Trinajstić information content (AvgIpc) is 2.75. The number of alkyl carbamates (subject to hydrolysis) is 1. The topological polar surface area (TPSA) is 123 Å². The van der Waals surface area contributed by atoms with Crippen LogP contribution in [0.15, 0.2) is 65.7 Å². The first-order valence-corrected chi connectivity index (χ1v) is 10.0. The minimum Gasteiger partial charge on any atom is -0.445 e. The predicted octanol–water partition coefficient (Wildman–Crippen LogP) is 2.70. The number of primary amides is 1. The van der Waals surface area contributed by atoms with Gasteiger partial charge in [-0.1, -0.05) is 62.4 Å². The van der Waals surface area contributed by atoms with Gasteiger partial charge in [0.15, 0.2) is 0 Å². The zero-order valence-electron chi connectivity index (χ0n) is 17.7. The fourth-order valence-electron chi connectivity index (χ4n) is 2.72. The first-order chi connectivity index (χ1) is 14.8. The van der Waals surface area contributed by atoms with Crippen LogP contribution < -0.4 is 16.4 Å². The molecule has 2 aromatic carbocycles. The minimum atomic E-state index is -1.12. The summed E-state index contributed by atoms with van der Waals surface area (Å²) < 4.78 is 5.20. The van der Waals surface area contributed by atoms with Crippen molar-refractivity contribution >= 4 is 29.8 Å². The largest absolute Gasteiger partial charge is 0.445 e. The molecule has 0 heterocycles. The molecule has 0 saturated carbocycles. The number of nitrogens with one attached hydrogen (secondary N) is 2. The van der Waals surface area contributed by atoms with Gasteiger partial charge < -0.3 is 21.1 Å². The van der Waals surface area contributed by atoms with Gasteiger partial charge in [0.2, 0.25) is 11.8 Å². The van der Waals surface area contributed by atoms with Crippen molar-refractivity contribution in [3.63, 3.8) is 0 Å². The van der Waals surface area contributed by atoms with Crippen LogP contribution in [0.3, 0.4) is 0 Å². The van der Waals surface area contributed by atoms with Crippen LogP contribution in [0.4, 0.5) is 10.5 Å². The monoisotopic (exact) mass is 424 g/mol. The lowest BCUT2D eigenvalue weighted by atomic mass is 10.0. The third-order valence-corrected chi connectivity index (χ3v) is 4.26. The Morgan fingerprint density at radius 1 is 1.00 bits per heavy atom. The van der Waals surface area contributed by atoms with Crippen molar-refractivity contribution in [2.75, 3.05) is 0 Å². The summed E-state index contributed by atoms with van der Waals surface area (Å²) in [6.07, 6.45) is 0.904. The van der Waals surface area contributed by atoms with E-state index in [-0.39, 0.29) is 12.5 Å². The van der Waals surface area contributed by atoms with Crippen LogP contribution in [-0.2, 0) is 20.9 Å². The van der Waals surface area contributed by atoms with Gasteiger partial charge in [0.05, 0.1) is 5.69 Å². The molecule has 2 aromatic rings. The van der Waals surface area contributed by atoms with Crippen LogP contribution in [0.2, 0.25) is 0 Å². The Morgan fingerprint density at radius 3 is 2.19 bits per heavy atom. The van der Waals surface area contributed by atoms with Gasteiger partial charge in [-0.25, -0.2) is 4.79 Å². The highest BCUT2D eigenvalue weighted by atomic mass is 16.5. The fourth-order valence-corrected chi connectivity index (χ4v) is 2.72. The Labute approximate surface area is 181 Å². The number of aliphatic imine (C=N–C) groups is 1. The van der Waals surface area contributed by atoms with Crippen LogP contribution in [0.25, 0.3) is 0 Å². The summed E-state index contributed by atoms with van der Waals surface area (Å²) in [4.78, 5) is 40.9. The molecular formula is C23H28N4O4. The summed E-state index contributed by atoms with van der Waals surface area (Å²) in [6.45, 7) is 3.91. The number of ether oxygens (including phenoxy) is 1. The van der Waals surface area contributed by atoms with Crippen molar-refractivity contribution in [3.8, 4) is 0 Å². The van der Waals surface area contributed by atoms with E-state index in [0.29, 0.717) is 12.1 Å². The van der Waals surface area contributed by atoms with Crippen molar-refractivity contribution in [3.05, 3.63) is 66.2 Å². The normalized spacial score (nSPS) is 12.9. The van der Waals surface area contributed by atoms with Gasteiger partial charge in [0.1, 0.15) is 18.7 Å². The lowest BCUT2D eigenvalue weighted by molar-refractivity contribution is -0.127. The van der Waals surface area contributed by atoms with Gasteiger partial charge in [-0.2, -0.15) is 0 Å². The summed E-state index contributed by atoms with van der Waals surface area (Å²) in [5.74, 6) is -1.20. The van der Waals surface area contributed by atoms with E-state index in [1.54, 1.807) is 24.3 Å². The van der Waals surface area contributed by atoms with Crippen LogP contribution >= 0.6 is 0 Å². The number of nitrogens with zero attached hydrogens (tertiary/aromatic N) is 1. The van der Waals surface area contributed by atoms with Gasteiger partial charge in [-0.3, -0.25) is 14.6 Å². The number of carbonyl (C=O) groups is 3. The number of benzene rings is 2. The maximum Gasteiger partial charge on any atom is 0.408 e. The molecule has 0 aliphatic carbocycles. The van der Waals surface area contributed by atoms with E-state index in [9.17, 15) is 14.4 Å². The molecule has 0 saturated heterocycles. The van der Waals surface area contributed by atoms with Crippen molar-refractivity contribution in [1.29, 1.82) is 0 Å². The summed E-state index contributed by atoms with van der Waals surface area (Å²) >= 11 is 0. The molecule has 8 heteroatoms. The molecule has 0 spiro atoms. The molecule has 0 radical (unpaired) electrons.